The lowest BCUT2D eigenvalue weighted by molar-refractivity contribution is -0.146. The van der Waals surface area contributed by atoms with Gasteiger partial charge in [0.05, 0.1) is 12.3 Å². The maximum absolute atomic E-state index is 12.1. The fraction of sp³-hybridized carbons (Fsp3) is 0.467. The number of ether oxygens (including phenoxy) is 3. The molecule has 1 saturated heterocycles. The lowest BCUT2D eigenvalue weighted by Crippen LogP contribution is -2.52. The Morgan fingerprint density at radius 1 is 1.48 bits per heavy atom. The van der Waals surface area contributed by atoms with Crippen LogP contribution in [0.25, 0.3) is 0 Å². The Morgan fingerprint density at radius 3 is 3.19 bits per heavy atom. The summed E-state index contributed by atoms with van der Waals surface area (Å²) in [5.41, 5.74) is 0.940. The number of para-hydroxylation sites is 2. The van der Waals surface area contributed by atoms with Crippen molar-refractivity contribution in [2.45, 2.75) is 25.6 Å². The molecule has 3 heterocycles. The van der Waals surface area contributed by atoms with Gasteiger partial charge in [0.15, 0.2) is 11.8 Å². The van der Waals surface area contributed by atoms with E-state index >= 15 is 0 Å². The number of fused-ring (bicyclic) bond motifs is 5. The number of esters is 1. The molecule has 110 valence electrons. The Balaban J connectivity index is 1.75. The smallest absolute Gasteiger partial charge is 0.331 e. The summed E-state index contributed by atoms with van der Waals surface area (Å²) in [6, 6.07) is 7.61. The zero-order valence-electron chi connectivity index (χ0n) is 11.7. The summed E-state index contributed by atoms with van der Waals surface area (Å²) in [6.07, 6.45) is 0.583. The Kier molecular flexibility index (Phi) is 2.85. The molecule has 3 atom stereocenters. The van der Waals surface area contributed by atoms with Crippen LogP contribution in [0.15, 0.2) is 29.3 Å². The van der Waals surface area contributed by atoms with Gasteiger partial charge in [-0.25, -0.2) is 9.79 Å². The van der Waals surface area contributed by atoms with Crippen molar-refractivity contribution in [1.82, 2.24) is 0 Å². The number of hydrogen-bond acceptors (Lipinski definition) is 6. The molecule has 6 heteroatoms. The number of carbonyl (C=O) groups excluding carboxylic acids is 1. The molecule has 0 unspecified atom stereocenters. The number of amidine groups is 1. The van der Waals surface area contributed by atoms with E-state index in [9.17, 15) is 4.79 Å². The molecule has 1 aromatic rings. The minimum absolute atomic E-state index is 0.00237. The van der Waals surface area contributed by atoms with Crippen LogP contribution in [0.1, 0.15) is 13.3 Å². The van der Waals surface area contributed by atoms with Gasteiger partial charge in [0.1, 0.15) is 6.23 Å². The van der Waals surface area contributed by atoms with E-state index in [0.717, 1.165) is 17.9 Å². The summed E-state index contributed by atoms with van der Waals surface area (Å²) in [4.78, 5) is 18.6. The summed E-state index contributed by atoms with van der Waals surface area (Å²) in [7, 11) is 0. The molecule has 0 amide bonds. The first-order chi connectivity index (χ1) is 10.3. The summed E-state index contributed by atoms with van der Waals surface area (Å²) >= 11 is 0. The Labute approximate surface area is 122 Å². The first-order valence-electron chi connectivity index (χ1n) is 7.21. The number of aliphatic imine (C=N–C) groups is 1. The molecule has 4 rings (SSSR count). The number of carbonyl (C=O) groups is 1. The van der Waals surface area contributed by atoms with Gasteiger partial charge in [-0.1, -0.05) is 12.1 Å². The van der Waals surface area contributed by atoms with Crippen molar-refractivity contribution < 1.29 is 19.0 Å². The molecule has 0 saturated carbocycles. The molecule has 6 nitrogen and oxygen atoms in total. The van der Waals surface area contributed by atoms with Crippen molar-refractivity contribution in [3.8, 4) is 5.75 Å². The van der Waals surface area contributed by atoms with Crippen molar-refractivity contribution in [1.29, 1.82) is 0 Å². The topological polar surface area (TPSA) is 60.4 Å². The highest BCUT2D eigenvalue weighted by molar-refractivity contribution is 6.02. The van der Waals surface area contributed by atoms with Crippen molar-refractivity contribution in [3.05, 3.63) is 24.3 Å². The molecule has 3 aliphatic rings. The fourth-order valence-electron chi connectivity index (χ4n) is 3.17. The van der Waals surface area contributed by atoms with Crippen LogP contribution in [0.5, 0.6) is 5.75 Å². The van der Waals surface area contributed by atoms with Crippen molar-refractivity contribution in [3.63, 3.8) is 0 Å². The van der Waals surface area contributed by atoms with Crippen LogP contribution >= 0.6 is 0 Å². The SMILES string of the molecule is CCOC(=O)[C@H]1N=C2Oc3ccccc3N2[C@H]2OCC[C@@H]12. The molecular weight excluding hydrogens is 272 g/mol. The number of anilines is 1. The number of benzene rings is 1. The summed E-state index contributed by atoms with van der Waals surface area (Å²) in [5.74, 6) is 0.447. The second-order valence-corrected chi connectivity index (χ2v) is 5.26. The highest BCUT2D eigenvalue weighted by Gasteiger charge is 2.50. The van der Waals surface area contributed by atoms with E-state index in [2.05, 4.69) is 4.99 Å². The van der Waals surface area contributed by atoms with Crippen LogP contribution < -0.4 is 9.64 Å². The quantitative estimate of drug-likeness (QED) is 0.773. The molecule has 0 aliphatic carbocycles. The molecule has 0 bridgehead atoms. The molecule has 0 spiro atoms. The molecule has 1 fully saturated rings. The molecule has 0 radical (unpaired) electrons. The third-order valence-electron chi connectivity index (χ3n) is 4.08. The van der Waals surface area contributed by atoms with Gasteiger partial charge in [-0.3, -0.25) is 4.90 Å². The highest BCUT2D eigenvalue weighted by atomic mass is 16.6. The minimum atomic E-state index is -0.544. The van der Waals surface area contributed by atoms with Crippen LogP contribution in [0.3, 0.4) is 0 Å². The maximum atomic E-state index is 12.1. The van der Waals surface area contributed by atoms with Gasteiger partial charge in [-0.05, 0) is 25.5 Å². The van der Waals surface area contributed by atoms with Crippen molar-refractivity contribution in [2.24, 2.45) is 10.9 Å². The first kappa shape index (κ1) is 12.6. The number of rotatable bonds is 2. The third-order valence-corrected chi connectivity index (χ3v) is 4.08. The zero-order valence-corrected chi connectivity index (χ0v) is 11.7. The van der Waals surface area contributed by atoms with Gasteiger partial charge in [-0.15, -0.1) is 0 Å². The van der Waals surface area contributed by atoms with E-state index in [1.54, 1.807) is 6.92 Å². The van der Waals surface area contributed by atoms with Gasteiger partial charge in [0.25, 0.3) is 0 Å². The standard InChI is InChI=1S/C15H16N2O4/c1-2-19-14(18)12-9-7-8-20-13(9)17-10-5-3-4-6-11(10)21-15(17)16-12/h3-6,9,12-13H,2,7-8H2,1H3/t9-,12-,13-/m0/s1. The van der Waals surface area contributed by atoms with E-state index in [1.165, 1.54) is 0 Å². The lowest BCUT2D eigenvalue weighted by atomic mass is 9.94. The monoisotopic (exact) mass is 288 g/mol. The molecule has 21 heavy (non-hydrogen) atoms. The van der Waals surface area contributed by atoms with Crippen LogP contribution in [-0.2, 0) is 14.3 Å². The Bertz CT molecular complexity index is 615. The van der Waals surface area contributed by atoms with E-state index < -0.39 is 6.04 Å². The molecule has 1 aromatic carbocycles. The minimum Gasteiger partial charge on any atom is -0.464 e. The van der Waals surface area contributed by atoms with Crippen LogP contribution in [0, 0.1) is 5.92 Å². The van der Waals surface area contributed by atoms with Gasteiger partial charge in [0, 0.05) is 12.5 Å². The van der Waals surface area contributed by atoms with Gasteiger partial charge in [0.2, 0.25) is 0 Å². The zero-order chi connectivity index (χ0) is 14.4. The van der Waals surface area contributed by atoms with Gasteiger partial charge >= 0.3 is 12.0 Å². The second kappa shape index (κ2) is 4.73. The van der Waals surface area contributed by atoms with Crippen molar-refractivity contribution in [2.75, 3.05) is 18.1 Å². The Hall–Kier alpha value is -2.08. The molecular formula is C15H16N2O4. The van der Waals surface area contributed by atoms with Crippen molar-refractivity contribution >= 4 is 17.7 Å². The predicted octanol–water partition coefficient (Wildman–Crippen LogP) is 1.55. The average molecular weight is 288 g/mol. The highest BCUT2D eigenvalue weighted by Crippen LogP contribution is 2.43. The normalized spacial score (nSPS) is 29.1. The Morgan fingerprint density at radius 2 is 2.33 bits per heavy atom. The third kappa shape index (κ3) is 1.82. The number of hydrogen-bond donors (Lipinski definition) is 0. The number of nitrogens with zero attached hydrogens (tertiary/aromatic N) is 2. The predicted molar refractivity (Wildman–Crippen MR) is 75.3 cm³/mol. The maximum Gasteiger partial charge on any atom is 0.331 e. The largest absolute Gasteiger partial charge is 0.464 e. The van der Waals surface area contributed by atoms with Gasteiger partial charge in [-0.2, -0.15) is 0 Å². The second-order valence-electron chi connectivity index (χ2n) is 5.26. The molecule has 0 aromatic heterocycles. The van der Waals surface area contributed by atoms with E-state index in [-0.39, 0.29) is 18.1 Å². The first-order valence-corrected chi connectivity index (χ1v) is 7.21. The lowest BCUT2D eigenvalue weighted by Gasteiger charge is -2.34. The molecule has 0 N–H and O–H groups in total. The van der Waals surface area contributed by atoms with E-state index in [4.69, 9.17) is 14.2 Å². The fourth-order valence-corrected chi connectivity index (χ4v) is 3.17. The summed E-state index contributed by atoms with van der Waals surface area (Å²) in [6.45, 7) is 2.76. The summed E-state index contributed by atoms with van der Waals surface area (Å²) < 4.78 is 16.7. The van der Waals surface area contributed by atoms with Crippen LogP contribution in [0.2, 0.25) is 0 Å². The van der Waals surface area contributed by atoms with E-state index in [0.29, 0.717) is 19.2 Å². The average Bonchev–Trinajstić information content (AvgIpc) is 3.09. The summed E-state index contributed by atoms with van der Waals surface area (Å²) in [5, 5.41) is 0. The van der Waals surface area contributed by atoms with Crippen LogP contribution in [0.4, 0.5) is 5.69 Å². The van der Waals surface area contributed by atoms with E-state index in [1.807, 2.05) is 29.2 Å². The van der Waals surface area contributed by atoms with Gasteiger partial charge < -0.3 is 14.2 Å². The van der Waals surface area contributed by atoms with Crippen LogP contribution in [-0.4, -0.2) is 37.5 Å². The molecule has 3 aliphatic heterocycles.